The van der Waals surface area contributed by atoms with Gasteiger partial charge in [-0.2, -0.15) is 0 Å². The molecule has 76 valence electrons. The monoisotopic (exact) mass is 175 g/mol. The molecule has 1 saturated heterocycles. The summed E-state index contributed by atoms with van der Waals surface area (Å²) < 4.78 is 4.25. The highest BCUT2D eigenvalue weighted by Gasteiger charge is 2.30. The highest BCUT2D eigenvalue weighted by Crippen LogP contribution is 2.26. The Balaban J connectivity index is 0. The van der Waals surface area contributed by atoms with Crippen molar-refractivity contribution in [3.05, 3.63) is 0 Å². The van der Waals surface area contributed by atoms with Gasteiger partial charge in [0.05, 0.1) is 0 Å². The van der Waals surface area contributed by atoms with Gasteiger partial charge in [0.15, 0.2) is 0 Å². The summed E-state index contributed by atoms with van der Waals surface area (Å²) in [4.78, 5) is 2.33. The van der Waals surface area contributed by atoms with Crippen molar-refractivity contribution in [2.45, 2.75) is 27.7 Å². The summed E-state index contributed by atoms with van der Waals surface area (Å²) >= 11 is 0. The molecule has 0 radical (unpaired) electrons. The molecular formula is C10H25NO. The minimum atomic E-state index is 0.620. The lowest BCUT2D eigenvalue weighted by Crippen LogP contribution is -2.50. The molecule has 1 aliphatic heterocycles. The molecule has 0 aromatic carbocycles. The maximum absolute atomic E-state index is 4.25. The van der Waals surface area contributed by atoms with Crippen LogP contribution in [0.5, 0.6) is 0 Å². The van der Waals surface area contributed by atoms with Crippen LogP contribution in [0.4, 0.5) is 0 Å². The molecule has 0 saturated carbocycles. The van der Waals surface area contributed by atoms with Gasteiger partial charge in [0.25, 0.3) is 0 Å². The lowest BCUT2D eigenvalue weighted by atomic mass is 9.85. The van der Waals surface area contributed by atoms with Gasteiger partial charge in [-0.05, 0) is 12.5 Å². The summed E-state index contributed by atoms with van der Waals surface area (Å²) in [6.07, 6.45) is 0. The Labute approximate surface area is 77.9 Å². The van der Waals surface area contributed by atoms with Gasteiger partial charge in [-0.1, -0.05) is 27.7 Å². The van der Waals surface area contributed by atoms with Crippen molar-refractivity contribution in [1.29, 1.82) is 0 Å². The maximum Gasteiger partial charge on any atom is 0.0351 e. The Kier molecular flexibility index (Phi) is 9.10. The number of likely N-dealkylation sites (tertiary alicyclic amines) is 1. The van der Waals surface area contributed by atoms with Gasteiger partial charge < -0.3 is 9.64 Å². The first-order valence-electron chi connectivity index (χ1n) is 4.60. The van der Waals surface area contributed by atoms with Gasteiger partial charge in [0.2, 0.25) is 0 Å². The summed E-state index contributed by atoms with van der Waals surface area (Å²) in [6, 6.07) is 0. The van der Waals surface area contributed by atoms with Gasteiger partial charge >= 0.3 is 0 Å². The van der Waals surface area contributed by atoms with E-state index in [1.807, 2.05) is 13.8 Å². The minimum absolute atomic E-state index is 0.620. The zero-order valence-electron chi connectivity index (χ0n) is 9.77. The van der Waals surface area contributed by atoms with E-state index in [1.54, 1.807) is 14.2 Å². The molecule has 1 aliphatic rings. The van der Waals surface area contributed by atoms with Gasteiger partial charge in [0.1, 0.15) is 0 Å². The van der Waals surface area contributed by atoms with Crippen molar-refractivity contribution in [1.82, 2.24) is 4.90 Å². The Morgan fingerprint density at radius 1 is 1.08 bits per heavy atom. The molecule has 0 amide bonds. The van der Waals surface area contributed by atoms with Crippen molar-refractivity contribution in [2.75, 3.05) is 34.4 Å². The fraction of sp³-hybridized carbons (Fsp3) is 1.00. The van der Waals surface area contributed by atoms with E-state index in [0.717, 1.165) is 0 Å². The molecule has 2 nitrogen and oxygen atoms in total. The maximum atomic E-state index is 4.25. The Morgan fingerprint density at radius 3 is 1.33 bits per heavy atom. The number of ether oxygens (including phenoxy) is 1. The third-order valence-electron chi connectivity index (χ3n) is 1.40. The molecule has 12 heavy (non-hydrogen) atoms. The van der Waals surface area contributed by atoms with Crippen molar-refractivity contribution in [3.8, 4) is 0 Å². The lowest BCUT2D eigenvalue weighted by molar-refractivity contribution is 0.0570. The van der Waals surface area contributed by atoms with Crippen LogP contribution in [0.15, 0.2) is 0 Å². The molecule has 0 unspecified atom stereocenters. The van der Waals surface area contributed by atoms with Crippen molar-refractivity contribution in [3.63, 3.8) is 0 Å². The van der Waals surface area contributed by atoms with Crippen LogP contribution in [-0.2, 0) is 4.74 Å². The van der Waals surface area contributed by atoms with E-state index in [9.17, 15) is 0 Å². The van der Waals surface area contributed by atoms with Gasteiger partial charge in [-0.25, -0.2) is 0 Å². The first kappa shape index (κ1) is 14.4. The SMILES string of the molecule is CC.CN1CC(C)(C)C1.COC. The quantitative estimate of drug-likeness (QED) is 0.560. The molecule has 1 fully saturated rings. The second-order valence-corrected chi connectivity index (χ2v) is 3.74. The number of hydrogen-bond donors (Lipinski definition) is 0. The predicted molar refractivity (Wildman–Crippen MR) is 55.6 cm³/mol. The average molecular weight is 175 g/mol. The lowest BCUT2D eigenvalue weighted by Gasteiger charge is -2.43. The molecule has 0 spiro atoms. The number of rotatable bonds is 0. The summed E-state index contributed by atoms with van der Waals surface area (Å²) in [5.41, 5.74) is 0.620. The first-order valence-corrected chi connectivity index (χ1v) is 4.60. The van der Waals surface area contributed by atoms with Crippen LogP contribution in [0, 0.1) is 5.41 Å². The van der Waals surface area contributed by atoms with E-state index in [2.05, 4.69) is 30.5 Å². The molecule has 0 aromatic rings. The van der Waals surface area contributed by atoms with Gasteiger partial charge in [-0.15, -0.1) is 0 Å². The van der Waals surface area contributed by atoms with E-state index >= 15 is 0 Å². The molecule has 1 heterocycles. The Hall–Kier alpha value is -0.0800. The predicted octanol–water partition coefficient (Wildman–Crippen LogP) is 2.25. The highest BCUT2D eigenvalue weighted by molar-refractivity contribution is 4.84. The Morgan fingerprint density at radius 2 is 1.33 bits per heavy atom. The third-order valence-corrected chi connectivity index (χ3v) is 1.40. The Bertz CT molecular complexity index is 83.8. The van der Waals surface area contributed by atoms with Crippen molar-refractivity contribution >= 4 is 0 Å². The van der Waals surface area contributed by atoms with E-state index in [-0.39, 0.29) is 0 Å². The van der Waals surface area contributed by atoms with E-state index in [4.69, 9.17) is 0 Å². The van der Waals surface area contributed by atoms with Crippen LogP contribution in [-0.4, -0.2) is 39.3 Å². The minimum Gasteiger partial charge on any atom is -0.388 e. The van der Waals surface area contributed by atoms with E-state index < -0.39 is 0 Å². The molecule has 0 N–H and O–H groups in total. The fourth-order valence-corrected chi connectivity index (χ4v) is 1.42. The fourth-order valence-electron chi connectivity index (χ4n) is 1.42. The van der Waals surface area contributed by atoms with Gasteiger partial charge in [0, 0.05) is 27.3 Å². The largest absolute Gasteiger partial charge is 0.388 e. The summed E-state index contributed by atoms with van der Waals surface area (Å²) in [5.74, 6) is 0. The van der Waals surface area contributed by atoms with Crippen LogP contribution in [0.3, 0.4) is 0 Å². The zero-order valence-corrected chi connectivity index (χ0v) is 9.77. The zero-order chi connectivity index (χ0) is 10.2. The molecular weight excluding hydrogens is 150 g/mol. The highest BCUT2D eigenvalue weighted by atomic mass is 16.4. The van der Waals surface area contributed by atoms with E-state index in [0.29, 0.717) is 5.41 Å². The van der Waals surface area contributed by atoms with Crippen molar-refractivity contribution < 1.29 is 4.74 Å². The molecule has 0 atom stereocenters. The van der Waals surface area contributed by atoms with Crippen LogP contribution in [0.25, 0.3) is 0 Å². The second kappa shape index (κ2) is 7.56. The smallest absolute Gasteiger partial charge is 0.0351 e. The van der Waals surface area contributed by atoms with Crippen molar-refractivity contribution in [2.24, 2.45) is 5.41 Å². The first-order chi connectivity index (χ1) is 5.52. The molecule has 0 aliphatic carbocycles. The number of nitrogens with zero attached hydrogens (tertiary/aromatic N) is 1. The van der Waals surface area contributed by atoms with Crippen LogP contribution >= 0.6 is 0 Å². The number of hydrogen-bond acceptors (Lipinski definition) is 2. The van der Waals surface area contributed by atoms with Crippen LogP contribution < -0.4 is 0 Å². The standard InChI is InChI=1S/C6H13N.C2H6O.C2H6/c1-6(2)4-7(3)5-6;1-3-2;1-2/h4-5H2,1-3H3;1-2H3;1-2H3. The van der Waals surface area contributed by atoms with E-state index in [1.165, 1.54) is 13.1 Å². The third kappa shape index (κ3) is 8.02. The molecule has 0 bridgehead atoms. The summed E-state index contributed by atoms with van der Waals surface area (Å²) in [6.45, 7) is 11.1. The summed E-state index contributed by atoms with van der Waals surface area (Å²) in [5, 5.41) is 0. The normalized spacial score (nSPS) is 19.2. The summed E-state index contributed by atoms with van der Waals surface area (Å²) in [7, 11) is 5.41. The second-order valence-electron chi connectivity index (χ2n) is 3.74. The molecule has 2 heteroatoms. The average Bonchev–Trinajstić information content (AvgIpc) is 1.90. The van der Waals surface area contributed by atoms with Crippen LogP contribution in [0.2, 0.25) is 0 Å². The topological polar surface area (TPSA) is 12.5 Å². The van der Waals surface area contributed by atoms with Crippen LogP contribution in [0.1, 0.15) is 27.7 Å². The number of methoxy groups -OCH3 is 1. The molecule has 0 aromatic heterocycles. The molecule has 1 rings (SSSR count). The van der Waals surface area contributed by atoms with Gasteiger partial charge in [-0.3, -0.25) is 0 Å².